The second-order valence-corrected chi connectivity index (χ2v) is 5.15. The van der Waals surface area contributed by atoms with Crippen LogP contribution < -0.4 is 16.4 Å². The number of hydrogen-bond acceptors (Lipinski definition) is 5. The number of nitrogens with one attached hydrogen (secondary N) is 3. The highest BCUT2D eigenvalue weighted by atomic mass is 79.9. The fourth-order valence-corrected chi connectivity index (χ4v) is 2.13. The largest absolute Gasteiger partial charge is 0.451 e. The molecule has 2 unspecified atom stereocenters. The Morgan fingerprint density at radius 2 is 1.95 bits per heavy atom. The number of rotatable bonds is 1. The predicted octanol–water partition coefficient (Wildman–Crippen LogP) is 2.02. The summed E-state index contributed by atoms with van der Waals surface area (Å²) in [5.74, 6) is 0. The summed E-state index contributed by atoms with van der Waals surface area (Å²) in [6, 6.07) is 3.19. The molecule has 3 N–H and O–H groups in total. The zero-order chi connectivity index (χ0) is 15.6. The third-order valence-electron chi connectivity index (χ3n) is 2.87. The molecule has 2 atom stereocenters. The van der Waals surface area contributed by atoms with Crippen LogP contribution >= 0.6 is 15.9 Å². The lowest BCUT2D eigenvalue weighted by molar-refractivity contribution is -0.187. The van der Waals surface area contributed by atoms with Crippen LogP contribution in [0.5, 0.6) is 0 Å². The van der Waals surface area contributed by atoms with Crippen LogP contribution in [0.15, 0.2) is 28.7 Å². The minimum atomic E-state index is -4.51. The Balaban J connectivity index is 2.28. The van der Waals surface area contributed by atoms with Gasteiger partial charge in [-0.2, -0.15) is 18.3 Å². The number of ether oxygens (including phenoxy) is 1. The Bertz CT molecular complexity index is 511. The zero-order valence-electron chi connectivity index (χ0n) is 10.7. The Labute approximate surface area is 126 Å². The number of hydrazine groups is 3. The van der Waals surface area contributed by atoms with E-state index in [0.717, 1.165) is 16.7 Å². The molecular weight excluding hydrogens is 357 g/mol. The van der Waals surface area contributed by atoms with Crippen molar-refractivity contribution in [3.8, 4) is 0 Å². The van der Waals surface area contributed by atoms with Gasteiger partial charge in [-0.25, -0.2) is 15.6 Å². The molecule has 21 heavy (non-hydrogen) atoms. The van der Waals surface area contributed by atoms with Crippen molar-refractivity contribution in [1.82, 2.24) is 21.5 Å². The van der Waals surface area contributed by atoms with Crippen molar-refractivity contribution in [2.24, 2.45) is 0 Å². The summed E-state index contributed by atoms with van der Waals surface area (Å²) >= 11 is 3.22. The molecule has 1 saturated heterocycles. The molecule has 0 aliphatic carbocycles. The van der Waals surface area contributed by atoms with Crippen LogP contribution in [0.4, 0.5) is 18.0 Å². The molecule has 1 fully saturated rings. The molecular formula is C11H12BrF3N4O2. The first kappa shape index (κ1) is 16.0. The average Bonchev–Trinajstić information content (AvgIpc) is 2.45. The zero-order valence-corrected chi connectivity index (χ0v) is 12.3. The van der Waals surface area contributed by atoms with Crippen molar-refractivity contribution < 1.29 is 22.7 Å². The van der Waals surface area contributed by atoms with Gasteiger partial charge in [0.1, 0.15) is 6.04 Å². The SMILES string of the molecule is COC(=O)N1NNC(C(F)(F)F)C(c2ccc(Br)cc2)N1. The standard InChI is InChI=1S/C11H12BrF3N4O2/c1-21-10(20)19-17-8(6-2-4-7(12)5-3-6)9(16-18-19)11(13,14)15/h2-5,8-9,16-18H,1H3. The molecule has 6 nitrogen and oxygen atoms in total. The lowest BCUT2D eigenvalue weighted by Gasteiger charge is -2.40. The number of halogens is 4. The second-order valence-electron chi connectivity index (χ2n) is 4.24. The Morgan fingerprint density at radius 3 is 2.48 bits per heavy atom. The topological polar surface area (TPSA) is 65.6 Å². The molecule has 1 aromatic carbocycles. The number of alkyl halides is 3. The molecule has 2 rings (SSSR count). The molecule has 116 valence electrons. The summed E-state index contributed by atoms with van der Waals surface area (Å²) in [6.45, 7) is 0. The summed E-state index contributed by atoms with van der Waals surface area (Å²) in [4.78, 5) is 11.4. The van der Waals surface area contributed by atoms with Crippen molar-refractivity contribution in [3.63, 3.8) is 0 Å². The van der Waals surface area contributed by atoms with Crippen molar-refractivity contribution in [1.29, 1.82) is 0 Å². The van der Waals surface area contributed by atoms with E-state index < -0.39 is 24.4 Å². The smallest absolute Gasteiger partial charge is 0.440 e. The van der Waals surface area contributed by atoms with Gasteiger partial charge in [-0.3, -0.25) is 0 Å². The van der Waals surface area contributed by atoms with Gasteiger partial charge in [0.25, 0.3) is 0 Å². The minimum absolute atomic E-state index is 0.364. The summed E-state index contributed by atoms with van der Waals surface area (Å²) in [7, 11) is 1.12. The third-order valence-corrected chi connectivity index (χ3v) is 3.40. The molecule has 1 aromatic rings. The molecule has 0 radical (unpaired) electrons. The van der Waals surface area contributed by atoms with Crippen molar-refractivity contribution in [2.45, 2.75) is 18.3 Å². The lowest BCUT2D eigenvalue weighted by atomic mass is 9.99. The molecule has 1 aliphatic heterocycles. The van der Waals surface area contributed by atoms with Crippen molar-refractivity contribution >= 4 is 22.0 Å². The second kappa shape index (κ2) is 6.18. The summed E-state index contributed by atoms with van der Waals surface area (Å²) in [5, 5.41) is 0.717. The quantitative estimate of drug-likeness (QED) is 0.707. The van der Waals surface area contributed by atoms with E-state index in [2.05, 4.69) is 37.1 Å². The highest BCUT2D eigenvalue weighted by Gasteiger charge is 2.48. The van der Waals surface area contributed by atoms with Crippen molar-refractivity contribution in [3.05, 3.63) is 34.3 Å². The third kappa shape index (κ3) is 3.64. The molecule has 0 saturated carbocycles. The molecule has 1 aliphatic rings. The summed E-state index contributed by atoms with van der Waals surface area (Å²) in [6.07, 6.45) is -5.38. The average molecular weight is 369 g/mol. The number of carbonyl (C=O) groups is 1. The van der Waals surface area contributed by atoms with E-state index in [9.17, 15) is 18.0 Å². The highest BCUT2D eigenvalue weighted by Crippen LogP contribution is 2.32. The molecule has 0 bridgehead atoms. The van der Waals surface area contributed by atoms with E-state index >= 15 is 0 Å². The van der Waals surface area contributed by atoms with Crippen LogP contribution in [0.3, 0.4) is 0 Å². The number of nitrogens with zero attached hydrogens (tertiary/aromatic N) is 1. The van der Waals surface area contributed by atoms with Gasteiger partial charge in [0.15, 0.2) is 0 Å². The monoisotopic (exact) mass is 368 g/mol. The van der Waals surface area contributed by atoms with Gasteiger partial charge in [0.05, 0.1) is 13.2 Å². The van der Waals surface area contributed by atoms with E-state index in [4.69, 9.17) is 0 Å². The van der Waals surface area contributed by atoms with Gasteiger partial charge in [-0.05, 0) is 17.7 Å². The lowest BCUT2D eigenvalue weighted by Crippen LogP contribution is -2.71. The fraction of sp³-hybridized carbons (Fsp3) is 0.364. The Kier molecular flexibility index (Phi) is 4.71. The number of benzene rings is 1. The Hall–Kier alpha value is -1.36. The normalized spacial score (nSPS) is 23.0. The first-order chi connectivity index (χ1) is 9.82. The van der Waals surface area contributed by atoms with Gasteiger partial charge in [-0.1, -0.05) is 28.1 Å². The Morgan fingerprint density at radius 1 is 1.33 bits per heavy atom. The van der Waals surface area contributed by atoms with Crippen LogP contribution in [0.2, 0.25) is 0 Å². The first-order valence-electron chi connectivity index (χ1n) is 5.80. The molecule has 10 heteroatoms. The highest BCUT2D eigenvalue weighted by molar-refractivity contribution is 9.10. The molecule has 0 spiro atoms. The number of hydrogen-bond donors (Lipinski definition) is 3. The maximum atomic E-state index is 13.1. The van der Waals surface area contributed by atoms with Gasteiger partial charge in [-0.15, -0.1) is 5.53 Å². The first-order valence-corrected chi connectivity index (χ1v) is 6.60. The maximum Gasteiger partial charge on any atom is 0.440 e. The number of methoxy groups -OCH3 is 1. The fourth-order valence-electron chi connectivity index (χ4n) is 1.86. The van der Waals surface area contributed by atoms with E-state index in [1.165, 1.54) is 12.1 Å². The summed E-state index contributed by atoms with van der Waals surface area (Å²) in [5.41, 5.74) is 6.98. The van der Waals surface area contributed by atoms with E-state index in [1.54, 1.807) is 12.1 Å². The molecule has 1 heterocycles. The number of amides is 1. The minimum Gasteiger partial charge on any atom is -0.451 e. The van der Waals surface area contributed by atoms with Gasteiger partial charge >= 0.3 is 12.3 Å². The van der Waals surface area contributed by atoms with E-state index in [-0.39, 0.29) is 0 Å². The van der Waals surface area contributed by atoms with Crippen LogP contribution in [0.1, 0.15) is 11.6 Å². The molecule has 0 aromatic heterocycles. The maximum absolute atomic E-state index is 13.1. The van der Waals surface area contributed by atoms with Gasteiger partial charge in [0, 0.05) is 4.47 Å². The summed E-state index contributed by atoms with van der Waals surface area (Å²) < 4.78 is 44.4. The van der Waals surface area contributed by atoms with E-state index in [0.29, 0.717) is 5.56 Å². The van der Waals surface area contributed by atoms with Crippen LogP contribution in [0.25, 0.3) is 0 Å². The molecule has 1 amide bonds. The van der Waals surface area contributed by atoms with Crippen LogP contribution in [-0.4, -0.2) is 30.5 Å². The van der Waals surface area contributed by atoms with Crippen LogP contribution in [0, 0.1) is 0 Å². The predicted molar refractivity (Wildman–Crippen MR) is 70.4 cm³/mol. The van der Waals surface area contributed by atoms with Crippen molar-refractivity contribution in [2.75, 3.05) is 7.11 Å². The van der Waals surface area contributed by atoms with Crippen LogP contribution in [-0.2, 0) is 4.74 Å². The number of carbonyl (C=O) groups excluding carboxylic acids is 1. The van der Waals surface area contributed by atoms with E-state index in [1.807, 2.05) is 0 Å². The van der Waals surface area contributed by atoms with Gasteiger partial charge in [0.2, 0.25) is 0 Å². The van der Waals surface area contributed by atoms with Gasteiger partial charge < -0.3 is 4.74 Å².